The zero-order valence-electron chi connectivity index (χ0n) is 19.2. The number of furan rings is 1. The van der Waals surface area contributed by atoms with Gasteiger partial charge in [0, 0.05) is 40.4 Å². The first-order valence-corrected chi connectivity index (χ1v) is 11.4. The zero-order chi connectivity index (χ0) is 25.1. The molecule has 0 aliphatic heterocycles. The van der Waals surface area contributed by atoms with E-state index in [1.165, 1.54) is 24.3 Å². The molecule has 10 heteroatoms. The van der Waals surface area contributed by atoms with Gasteiger partial charge in [0.25, 0.3) is 11.6 Å². The van der Waals surface area contributed by atoms with Crippen molar-refractivity contribution < 1.29 is 18.9 Å². The van der Waals surface area contributed by atoms with E-state index >= 15 is 0 Å². The number of fused-ring (bicyclic) bond motifs is 1. The van der Waals surface area contributed by atoms with Crippen LogP contribution in [0.1, 0.15) is 51.4 Å². The molecule has 9 nitrogen and oxygen atoms in total. The Kier molecular flexibility index (Phi) is 6.97. The van der Waals surface area contributed by atoms with Crippen LogP contribution in [-0.4, -0.2) is 22.4 Å². The van der Waals surface area contributed by atoms with Crippen LogP contribution in [0.2, 0.25) is 5.02 Å². The number of hydrazone groups is 1. The molecule has 0 spiro atoms. The number of nitro benzene ring substituents is 1. The van der Waals surface area contributed by atoms with Gasteiger partial charge in [-0.25, -0.2) is 5.43 Å². The van der Waals surface area contributed by atoms with Crippen LogP contribution in [-0.2, 0) is 17.6 Å². The van der Waals surface area contributed by atoms with Gasteiger partial charge in [-0.05, 0) is 56.0 Å². The molecule has 35 heavy (non-hydrogen) atoms. The number of hydrogen-bond acceptors (Lipinski definition) is 6. The van der Waals surface area contributed by atoms with Crippen LogP contribution in [0, 0.1) is 24.0 Å². The van der Waals surface area contributed by atoms with Crippen molar-refractivity contribution >= 4 is 40.5 Å². The molecule has 0 radical (unpaired) electrons. The van der Waals surface area contributed by atoms with Crippen molar-refractivity contribution in [2.24, 2.45) is 5.10 Å². The van der Waals surface area contributed by atoms with Gasteiger partial charge in [0.05, 0.1) is 17.1 Å². The highest BCUT2D eigenvalue weighted by Crippen LogP contribution is 2.31. The van der Waals surface area contributed by atoms with Crippen LogP contribution in [0.5, 0.6) is 0 Å². The minimum Gasteiger partial charge on any atom is -0.455 e. The number of nitro groups is 1. The van der Waals surface area contributed by atoms with Crippen LogP contribution in [0.3, 0.4) is 0 Å². The number of nitrogens with one attached hydrogen (secondary N) is 2. The number of rotatable bonds is 6. The molecule has 0 atom stereocenters. The van der Waals surface area contributed by atoms with Crippen LogP contribution >= 0.6 is 11.6 Å². The van der Waals surface area contributed by atoms with Gasteiger partial charge in [-0.2, -0.15) is 5.10 Å². The predicted molar refractivity (Wildman–Crippen MR) is 132 cm³/mol. The summed E-state index contributed by atoms with van der Waals surface area (Å²) in [4.78, 5) is 35.6. The molecule has 2 aromatic carbocycles. The smallest absolute Gasteiger partial charge is 0.291 e. The average molecular weight is 495 g/mol. The summed E-state index contributed by atoms with van der Waals surface area (Å²) in [5.74, 6) is 0.144. The first-order chi connectivity index (χ1) is 16.7. The maximum atomic E-state index is 12.9. The van der Waals surface area contributed by atoms with Crippen molar-refractivity contribution in [2.75, 3.05) is 5.32 Å². The lowest BCUT2D eigenvalue weighted by atomic mass is 9.93. The molecular formula is C25H23ClN4O5. The summed E-state index contributed by atoms with van der Waals surface area (Å²) >= 11 is 6.00. The van der Waals surface area contributed by atoms with Gasteiger partial charge < -0.3 is 9.73 Å². The minimum atomic E-state index is -0.491. The Morgan fingerprint density at radius 2 is 1.89 bits per heavy atom. The molecule has 1 aromatic heterocycles. The second kappa shape index (κ2) is 10.1. The van der Waals surface area contributed by atoms with E-state index in [2.05, 4.69) is 15.8 Å². The van der Waals surface area contributed by atoms with Crippen molar-refractivity contribution in [1.82, 2.24) is 5.43 Å². The molecule has 0 bridgehead atoms. The first-order valence-electron chi connectivity index (χ1n) is 11.0. The number of non-ortho nitro benzene ring substituents is 1. The lowest BCUT2D eigenvalue weighted by molar-refractivity contribution is -0.384. The van der Waals surface area contributed by atoms with Crippen LogP contribution in [0.15, 0.2) is 52.0 Å². The maximum absolute atomic E-state index is 12.9. The van der Waals surface area contributed by atoms with Gasteiger partial charge in [-0.3, -0.25) is 19.7 Å². The lowest BCUT2D eigenvalue weighted by Gasteiger charge is -2.13. The Labute approximate surface area is 206 Å². The molecule has 180 valence electrons. The second-order valence-electron chi connectivity index (χ2n) is 8.32. The normalized spacial score (nSPS) is 13.9. The summed E-state index contributed by atoms with van der Waals surface area (Å²) in [7, 11) is 0. The molecular weight excluding hydrogens is 472 g/mol. The standard InChI is InChI=1S/C25H23ClN4O5/c1-14-12-17(26)8-11-19(14)27-25(32)24-15(2)23-20(4-3-5-21(23)35-24)28-29-22(31)13-16-6-9-18(10-7-16)30(33)34/h6-12H,3-5,13H2,1-2H3,(H,27,32)(H,29,31)/b28-20+. The fraction of sp³-hybridized carbons (Fsp3) is 0.240. The number of anilines is 1. The van der Waals surface area contributed by atoms with E-state index in [-0.39, 0.29) is 29.7 Å². The maximum Gasteiger partial charge on any atom is 0.291 e. The summed E-state index contributed by atoms with van der Waals surface area (Å²) in [6, 6.07) is 11.0. The monoisotopic (exact) mass is 494 g/mol. The first kappa shape index (κ1) is 24.2. The quantitative estimate of drug-likeness (QED) is 0.363. The van der Waals surface area contributed by atoms with Crippen LogP contribution < -0.4 is 10.7 Å². The van der Waals surface area contributed by atoms with E-state index in [9.17, 15) is 19.7 Å². The highest BCUT2D eigenvalue weighted by Gasteiger charge is 2.28. The van der Waals surface area contributed by atoms with Crippen molar-refractivity contribution in [2.45, 2.75) is 39.5 Å². The highest BCUT2D eigenvalue weighted by atomic mass is 35.5. The molecule has 1 aliphatic carbocycles. The van der Waals surface area contributed by atoms with Gasteiger partial charge in [0.1, 0.15) is 5.76 Å². The van der Waals surface area contributed by atoms with Crippen molar-refractivity contribution in [1.29, 1.82) is 0 Å². The van der Waals surface area contributed by atoms with Gasteiger partial charge in [-0.1, -0.05) is 23.7 Å². The summed E-state index contributed by atoms with van der Waals surface area (Å²) in [5, 5.41) is 18.5. The topological polar surface area (TPSA) is 127 Å². The van der Waals surface area contributed by atoms with Crippen LogP contribution in [0.4, 0.5) is 11.4 Å². The number of carbonyl (C=O) groups excluding carboxylic acids is 2. The van der Waals surface area contributed by atoms with E-state index in [0.29, 0.717) is 46.2 Å². The molecule has 1 aliphatic rings. The Bertz CT molecular complexity index is 1340. The number of amides is 2. The minimum absolute atomic E-state index is 0.0279. The van der Waals surface area contributed by atoms with Gasteiger partial charge in [0.2, 0.25) is 5.91 Å². The van der Waals surface area contributed by atoms with Crippen molar-refractivity contribution in [3.63, 3.8) is 0 Å². The Hall–Kier alpha value is -3.98. The number of benzene rings is 2. The average Bonchev–Trinajstić information content (AvgIpc) is 3.17. The second-order valence-corrected chi connectivity index (χ2v) is 8.75. The molecule has 0 unspecified atom stereocenters. The lowest BCUT2D eigenvalue weighted by Crippen LogP contribution is -2.23. The van der Waals surface area contributed by atoms with E-state index in [0.717, 1.165) is 17.5 Å². The zero-order valence-corrected chi connectivity index (χ0v) is 19.9. The third-order valence-electron chi connectivity index (χ3n) is 5.80. The Balaban J connectivity index is 1.48. The molecule has 2 N–H and O–H groups in total. The summed E-state index contributed by atoms with van der Waals surface area (Å²) in [6.45, 7) is 3.65. The predicted octanol–water partition coefficient (Wildman–Crippen LogP) is 5.11. The highest BCUT2D eigenvalue weighted by molar-refractivity contribution is 6.30. The summed E-state index contributed by atoms with van der Waals surface area (Å²) < 4.78 is 5.91. The number of hydrogen-bond donors (Lipinski definition) is 2. The SMILES string of the molecule is Cc1cc(Cl)ccc1NC(=O)c1oc2c(c1C)/C(=N/NC(=O)Cc1ccc([N+](=O)[O-])cc1)CCC2. The number of nitrogens with zero attached hydrogens (tertiary/aromatic N) is 2. The fourth-order valence-corrected chi connectivity index (χ4v) is 4.26. The van der Waals surface area contributed by atoms with E-state index in [1.807, 2.05) is 6.92 Å². The molecule has 2 amide bonds. The third-order valence-corrected chi connectivity index (χ3v) is 6.03. The van der Waals surface area contributed by atoms with Gasteiger partial charge >= 0.3 is 0 Å². The van der Waals surface area contributed by atoms with Gasteiger partial charge in [0.15, 0.2) is 5.76 Å². The molecule has 0 saturated heterocycles. The molecule has 0 fully saturated rings. The molecule has 0 saturated carbocycles. The summed E-state index contributed by atoms with van der Waals surface area (Å²) in [5.41, 5.74) is 6.67. The largest absolute Gasteiger partial charge is 0.455 e. The molecule has 4 rings (SSSR count). The number of halogens is 1. The third kappa shape index (κ3) is 5.41. The van der Waals surface area contributed by atoms with E-state index in [1.54, 1.807) is 25.1 Å². The Morgan fingerprint density at radius 1 is 1.14 bits per heavy atom. The van der Waals surface area contributed by atoms with Crippen molar-refractivity contribution in [3.05, 3.63) is 91.4 Å². The molecule has 3 aromatic rings. The molecule has 1 heterocycles. The van der Waals surface area contributed by atoms with Crippen LogP contribution in [0.25, 0.3) is 0 Å². The van der Waals surface area contributed by atoms with E-state index in [4.69, 9.17) is 16.0 Å². The fourth-order valence-electron chi connectivity index (χ4n) is 4.03. The van der Waals surface area contributed by atoms with Crippen molar-refractivity contribution in [3.8, 4) is 0 Å². The van der Waals surface area contributed by atoms with Gasteiger partial charge in [-0.15, -0.1) is 0 Å². The number of aryl methyl sites for hydroxylation is 2. The summed E-state index contributed by atoms with van der Waals surface area (Å²) in [6.07, 6.45) is 2.09. The van der Waals surface area contributed by atoms with E-state index < -0.39 is 4.92 Å². The number of carbonyl (C=O) groups is 2. The Morgan fingerprint density at radius 3 is 2.57 bits per heavy atom.